The first-order chi connectivity index (χ1) is 8.16. The van der Waals surface area contributed by atoms with E-state index in [4.69, 9.17) is 4.55 Å². The summed E-state index contributed by atoms with van der Waals surface area (Å²) in [5, 5.41) is 3.39. The summed E-state index contributed by atoms with van der Waals surface area (Å²) < 4.78 is 30.9. The fraction of sp³-hybridized carbons (Fsp3) is 0.538. The lowest BCUT2D eigenvalue weighted by molar-refractivity contribution is 0.276. The second-order valence-electron chi connectivity index (χ2n) is 5.40. The third-order valence-corrected chi connectivity index (χ3v) is 3.65. The van der Waals surface area contributed by atoms with Crippen LogP contribution in [-0.4, -0.2) is 19.5 Å². The van der Waals surface area contributed by atoms with Crippen LogP contribution in [0.3, 0.4) is 0 Å². The zero-order chi connectivity index (χ0) is 14.0. The van der Waals surface area contributed by atoms with Crippen LogP contribution in [0.4, 0.5) is 0 Å². The number of benzene rings is 1. The lowest BCUT2D eigenvalue weighted by Crippen LogP contribution is -2.32. The summed E-state index contributed by atoms with van der Waals surface area (Å²) in [4.78, 5) is -0.0737. The summed E-state index contributed by atoms with van der Waals surface area (Å²) in [6.45, 7) is 9.23. The summed E-state index contributed by atoms with van der Waals surface area (Å²) in [5.74, 6) is 0. The monoisotopic (exact) mass is 271 g/mol. The van der Waals surface area contributed by atoms with Crippen molar-refractivity contribution in [1.82, 2.24) is 5.32 Å². The molecule has 0 saturated heterocycles. The molecule has 0 aromatic heterocycles. The van der Waals surface area contributed by atoms with Gasteiger partial charge in [-0.1, -0.05) is 39.8 Å². The second kappa shape index (κ2) is 5.38. The minimum atomic E-state index is -4.11. The maximum Gasteiger partial charge on any atom is 0.294 e. The fourth-order valence-electron chi connectivity index (χ4n) is 1.96. The number of hydrogen-bond donors (Lipinski definition) is 2. The SMILES string of the molecule is CCNC(c1ccc(S(=O)(=O)O)cc1)C(C)(C)C. The Bertz CT molecular complexity index is 486. The molecule has 5 heteroatoms. The lowest BCUT2D eigenvalue weighted by atomic mass is 9.82. The van der Waals surface area contributed by atoms with Gasteiger partial charge in [0.1, 0.15) is 0 Å². The Morgan fingerprint density at radius 2 is 1.72 bits per heavy atom. The van der Waals surface area contributed by atoms with Crippen LogP contribution in [0.25, 0.3) is 0 Å². The summed E-state index contributed by atoms with van der Waals surface area (Å²) in [6.07, 6.45) is 0. The molecule has 1 aromatic carbocycles. The molecule has 4 nitrogen and oxygen atoms in total. The molecule has 2 N–H and O–H groups in total. The first-order valence-corrected chi connectivity index (χ1v) is 7.41. The van der Waals surface area contributed by atoms with Crippen molar-refractivity contribution in [2.45, 2.75) is 38.6 Å². The van der Waals surface area contributed by atoms with E-state index < -0.39 is 10.1 Å². The first kappa shape index (κ1) is 15.1. The van der Waals surface area contributed by atoms with Crippen molar-refractivity contribution in [3.63, 3.8) is 0 Å². The Morgan fingerprint density at radius 1 is 1.22 bits per heavy atom. The standard InChI is InChI=1S/C13H21NO3S/c1-5-14-12(13(2,3)4)10-6-8-11(9-7-10)18(15,16)17/h6-9,12,14H,5H2,1-4H3,(H,15,16,17). The molecule has 102 valence electrons. The van der Waals surface area contributed by atoms with Crippen molar-refractivity contribution in [1.29, 1.82) is 0 Å². The van der Waals surface area contributed by atoms with Gasteiger partial charge in [0.25, 0.3) is 10.1 Å². The normalized spacial score (nSPS) is 14.5. The zero-order valence-corrected chi connectivity index (χ0v) is 12.1. The van der Waals surface area contributed by atoms with E-state index in [1.807, 2.05) is 6.92 Å². The lowest BCUT2D eigenvalue weighted by Gasteiger charge is -2.32. The van der Waals surface area contributed by atoms with Crippen molar-refractivity contribution >= 4 is 10.1 Å². The maximum atomic E-state index is 11.0. The largest absolute Gasteiger partial charge is 0.310 e. The van der Waals surface area contributed by atoms with Crippen LogP contribution in [0, 0.1) is 5.41 Å². The van der Waals surface area contributed by atoms with E-state index >= 15 is 0 Å². The molecule has 0 saturated carbocycles. The van der Waals surface area contributed by atoms with Gasteiger partial charge in [-0.3, -0.25) is 4.55 Å². The van der Waals surface area contributed by atoms with E-state index in [9.17, 15) is 8.42 Å². The van der Waals surface area contributed by atoms with E-state index in [0.29, 0.717) is 0 Å². The van der Waals surface area contributed by atoms with Crippen molar-refractivity contribution in [2.24, 2.45) is 5.41 Å². The van der Waals surface area contributed by atoms with Gasteiger partial charge in [0.05, 0.1) is 4.90 Å². The molecule has 0 spiro atoms. The van der Waals surface area contributed by atoms with Gasteiger partial charge in [-0.15, -0.1) is 0 Å². The molecule has 1 unspecified atom stereocenters. The highest BCUT2D eigenvalue weighted by molar-refractivity contribution is 7.85. The molecule has 0 heterocycles. The van der Waals surface area contributed by atoms with Crippen LogP contribution in [0.15, 0.2) is 29.2 Å². The minimum absolute atomic E-state index is 0.0234. The topological polar surface area (TPSA) is 66.4 Å². The van der Waals surface area contributed by atoms with Gasteiger partial charge in [-0.05, 0) is 29.7 Å². The van der Waals surface area contributed by atoms with Gasteiger partial charge in [0, 0.05) is 6.04 Å². The minimum Gasteiger partial charge on any atom is -0.310 e. The van der Waals surface area contributed by atoms with E-state index in [-0.39, 0.29) is 16.4 Å². The number of hydrogen-bond acceptors (Lipinski definition) is 3. The molecule has 1 rings (SSSR count). The van der Waals surface area contributed by atoms with Gasteiger partial charge >= 0.3 is 0 Å². The molecule has 1 aromatic rings. The van der Waals surface area contributed by atoms with Gasteiger partial charge in [-0.25, -0.2) is 0 Å². The second-order valence-corrected chi connectivity index (χ2v) is 6.82. The average Bonchev–Trinajstić information content (AvgIpc) is 2.23. The van der Waals surface area contributed by atoms with Crippen LogP contribution < -0.4 is 5.32 Å². The third-order valence-electron chi connectivity index (χ3n) is 2.79. The number of rotatable bonds is 4. The van der Waals surface area contributed by atoms with E-state index in [1.165, 1.54) is 12.1 Å². The predicted octanol–water partition coefficient (Wildman–Crippen LogP) is 2.63. The molecule has 18 heavy (non-hydrogen) atoms. The van der Waals surface area contributed by atoms with Crippen molar-refractivity contribution in [3.8, 4) is 0 Å². The molecule has 1 atom stereocenters. The molecule has 0 radical (unpaired) electrons. The highest BCUT2D eigenvalue weighted by atomic mass is 32.2. The molecular formula is C13H21NO3S. The van der Waals surface area contributed by atoms with Crippen LogP contribution in [0.1, 0.15) is 39.3 Å². The Labute approximate surface area is 109 Å². The molecular weight excluding hydrogens is 250 g/mol. The Hall–Kier alpha value is -0.910. The van der Waals surface area contributed by atoms with E-state index in [1.54, 1.807) is 12.1 Å². The molecule has 0 aliphatic heterocycles. The summed E-state index contributed by atoms with van der Waals surface area (Å²) in [7, 11) is -4.11. The first-order valence-electron chi connectivity index (χ1n) is 5.97. The fourth-order valence-corrected chi connectivity index (χ4v) is 2.44. The highest BCUT2D eigenvalue weighted by Crippen LogP contribution is 2.32. The van der Waals surface area contributed by atoms with Crippen molar-refractivity contribution in [3.05, 3.63) is 29.8 Å². The van der Waals surface area contributed by atoms with Crippen molar-refractivity contribution in [2.75, 3.05) is 6.54 Å². The molecule has 0 bridgehead atoms. The van der Waals surface area contributed by atoms with Crippen LogP contribution in [0.5, 0.6) is 0 Å². The van der Waals surface area contributed by atoms with Gasteiger partial charge < -0.3 is 5.32 Å². The number of nitrogens with one attached hydrogen (secondary N) is 1. The average molecular weight is 271 g/mol. The molecule has 0 aliphatic carbocycles. The van der Waals surface area contributed by atoms with Crippen LogP contribution in [-0.2, 0) is 10.1 Å². The van der Waals surface area contributed by atoms with Gasteiger partial charge in [0.15, 0.2) is 0 Å². The molecule has 0 fully saturated rings. The van der Waals surface area contributed by atoms with Crippen LogP contribution in [0.2, 0.25) is 0 Å². The van der Waals surface area contributed by atoms with Crippen molar-refractivity contribution < 1.29 is 13.0 Å². The Kier molecular flexibility index (Phi) is 4.53. The predicted molar refractivity (Wildman–Crippen MR) is 72.1 cm³/mol. The van der Waals surface area contributed by atoms with Crippen LogP contribution >= 0.6 is 0 Å². The summed E-state index contributed by atoms with van der Waals surface area (Å²) in [5.41, 5.74) is 1.03. The smallest absolute Gasteiger partial charge is 0.294 e. The Balaban J connectivity index is 3.09. The summed E-state index contributed by atoms with van der Waals surface area (Å²) in [6, 6.07) is 6.48. The van der Waals surface area contributed by atoms with Gasteiger partial charge in [0.2, 0.25) is 0 Å². The molecule has 0 amide bonds. The molecule has 0 aliphatic rings. The quantitative estimate of drug-likeness (QED) is 0.826. The Morgan fingerprint density at radius 3 is 2.06 bits per heavy atom. The third kappa shape index (κ3) is 3.80. The van der Waals surface area contributed by atoms with E-state index in [0.717, 1.165) is 12.1 Å². The highest BCUT2D eigenvalue weighted by Gasteiger charge is 2.25. The summed E-state index contributed by atoms with van der Waals surface area (Å²) >= 11 is 0. The maximum absolute atomic E-state index is 11.0. The zero-order valence-electron chi connectivity index (χ0n) is 11.3. The van der Waals surface area contributed by atoms with E-state index in [2.05, 4.69) is 26.1 Å². The van der Waals surface area contributed by atoms with Gasteiger partial charge in [-0.2, -0.15) is 8.42 Å².